The standard InChI is InChI=1S/C11H12BrF2NO3/c1-2-18-11(17)7(15)4-5-3-6(12)10(16)9(14)8(5)13/h3,7,16H,2,4,15H2,1H3. The molecule has 0 saturated carbocycles. The van der Waals surface area contributed by atoms with Crippen molar-refractivity contribution in [1.82, 2.24) is 0 Å². The molecule has 0 heterocycles. The van der Waals surface area contributed by atoms with Gasteiger partial charge >= 0.3 is 5.97 Å². The number of rotatable bonds is 4. The maximum atomic E-state index is 13.5. The van der Waals surface area contributed by atoms with Crippen LogP contribution in [-0.4, -0.2) is 23.7 Å². The van der Waals surface area contributed by atoms with Gasteiger partial charge in [-0.2, -0.15) is 4.39 Å². The molecule has 7 heteroatoms. The predicted molar refractivity (Wildman–Crippen MR) is 64.0 cm³/mol. The summed E-state index contributed by atoms with van der Waals surface area (Å²) in [6, 6.07) is 0.0858. The van der Waals surface area contributed by atoms with Crippen molar-refractivity contribution < 1.29 is 23.4 Å². The molecule has 0 bridgehead atoms. The molecule has 0 radical (unpaired) electrons. The molecular formula is C11H12BrF2NO3. The molecule has 18 heavy (non-hydrogen) atoms. The number of phenolic OH excluding ortho intramolecular Hbond substituents is 1. The van der Waals surface area contributed by atoms with Crippen LogP contribution in [0.5, 0.6) is 5.75 Å². The van der Waals surface area contributed by atoms with Gasteiger partial charge in [0.15, 0.2) is 11.6 Å². The Labute approximate surface area is 111 Å². The Morgan fingerprint density at radius 1 is 1.56 bits per heavy atom. The fourth-order valence-corrected chi connectivity index (χ4v) is 1.80. The summed E-state index contributed by atoms with van der Waals surface area (Å²) in [5.74, 6) is -4.12. The van der Waals surface area contributed by atoms with Gasteiger partial charge in [-0.1, -0.05) is 0 Å². The van der Waals surface area contributed by atoms with Gasteiger partial charge in [-0.05, 0) is 34.5 Å². The molecule has 0 aliphatic carbocycles. The van der Waals surface area contributed by atoms with E-state index in [1.165, 1.54) is 6.07 Å². The SMILES string of the molecule is CCOC(=O)C(N)Cc1cc(Br)c(O)c(F)c1F. The van der Waals surface area contributed by atoms with Gasteiger partial charge < -0.3 is 15.6 Å². The minimum atomic E-state index is -1.38. The summed E-state index contributed by atoms with van der Waals surface area (Å²) in [4.78, 5) is 11.3. The van der Waals surface area contributed by atoms with Crippen LogP contribution in [0.1, 0.15) is 12.5 Å². The molecule has 0 aromatic heterocycles. The number of hydrogen-bond acceptors (Lipinski definition) is 4. The average Bonchev–Trinajstić information content (AvgIpc) is 2.33. The Balaban J connectivity index is 2.95. The van der Waals surface area contributed by atoms with E-state index >= 15 is 0 Å². The quantitative estimate of drug-likeness (QED) is 0.655. The summed E-state index contributed by atoms with van der Waals surface area (Å²) in [6.45, 7) is 1.77. The van der Waals surface area contributed by atoms with E-state index in [4.69, 9.17) is 10.8 Å². The zero-order chi connectivity index (χ0) is 13.9. The van der Waals surface area contributed by atoms with Crippen molar-refractivity contribution >= 4 is 21.9 Å². The fourth-order valence-electron chi connectivity index (χ4n) is 1.35. The number of phenols is 1. The third-order valence-corrected chi connectivity index (χ3v) is 2.84. The van der Waals surface area contributed by atoms with Gasteiger partial charge in [-0.15, -0.1) is 0 Å². The van der Waals surface area contributed by atoms with Gasteiger partial charge in [-0.3, -0.25) is 4.79 Å². The van der Waals surface area contributed by atoms with E-state index in [9.17, 15) is 13.6 Å². The molecule has 0 fully saturated rings. The predicted octanol–water partition coefficient (Wildman–Crippen LogP) is 1.87. The Morgan fingerprint density at radius 2 is 2.17 bits per heavy atom. The van der Waals surface area contributed by atoms with Crippen molar-refractivity contribution in [2.45, 2.75) is 19.4 Å². The molecule has 1 rings (SSSR count). The molecule has 4 nitrogen and oxygen atoms in total. The number of carbonyl (C=O) groups is 1. The van der Waals surface area contributed by atoms with Gasteiger partial charge in [0, 0.05) is 6.42 Å². The number of aromatic hydroxyl groups is 1. The van der Waals surface area contributed by atoms with Gasteiger partial charge in [-0.25, -0.2) is 4.39 Å². The first-order valence-corrected chi connectivity index (χ1v) is 5.95. The topological polar surface area (TPSA) is 72.5 Å². The summed E-state index contributed by atoms with van der Waals surface area (Å²) in [7, 11) is 0. The molecule has 0 aliphatic rings. The van der Waals surface area contributed by atoms with Crippen molar-refractivity contribution in [3.05, 3.63) is 27.7 Å². The first-order chi connectivity index (χ1) is 8.38. The van der Waals surface area contributed by atoms with Crippen LogP contribution in [0.4, 0.5) is 8.78 Å². The molecule has 0 spiro atoms. The molecule has 0 amide bonds. The van der Waals surface area contributed by atoms with Crippen molar-refractivity contribution in [2.75, 3.05) is 6.61 Å². The number of benzene rings is 1. The zero-order valence-corrected chi connectivity index (χ0v) is 11.1. The van der Waals surface area contributed by atoms with Crippen LogP contribution in [0.2, 0.25) is 0 Å². The van der Waals surface area contributed by atoms with Crippen molar-refractivity contribution in [3.8, 4) is 5.75 Å². The second-order valence-electron chi connectivity index (χ2n) is 3.56. The van der Waals surface area contributed by atoms with E-state index in [-0.39, 0.29) is 23.1 Å². The Bertz CT molecular complexity index is 468. The first-order valence-electron chi connectivity index (χ1n) is 5.16. The number of esters is 1. The molecule has 100 valence electrons. The summed E-state index contributed by atoms with van der Waals surface area (Å²) < 4.78 is 31.4. The first kappa shape index (κ1) is 14.8. The lowest BCUT2D eigenvalue weighted by Gasteiger charge is -2.12. The minimum absolute atomic E-state index is 0.00698. The summed E-state index contributed by atoms with van der Waals surface area (Å²) in [6.07, 6.45) is -0.222. The van der Waals surface area contributed by atoms with E-state index < -0.39 is 29.4 Å². The summed E-state index contributed by atoms with van der Waals surface area (Å²) in [5.41, 5.74) is 5.39. The molecule has 1 unspecified atom stereocenters. The van der Waals surface area contributed by atoms with E-state index in [1.807, 2.05) is 0 Å². The van der Waals surface area contributed by atoms with Crippen molar-refractivity contribution in [3.63, 3.8) is 0 Å². The number of hydrogen-bond donors (Lipinski definition) is 2. The van der Waals surface area contributed by atoms with Crippen LogP contribution in [0.3, 0.4) is 0 Å². The van der Waals surface area contributed by atoms with Crippen LogP contribution in [0, 0.1) is 11.6 Å². The zero-order valence-electron chi connectivity index (χ0n) is 9.54. The normalized spacial score (nSPS) is 12.3. The Hall–Kier alpha value is -1.21. The molecule has 1 atom stereocenters. The second kappa shape index (κ2) is 6.10. The maximum Gasteiger partial charge on any atom is 0.323 e. The van der Waals surface area contributed by atoms with Gasteiger partial charge in [0.25, 0.3) is 0 Å². The third kappa shape index (κ3) is 3.17. The summed E-state index contributed by atoms with van der Waals surface area (Å²) in [5, 5.41) is 9.15. The number of halogens is 3. The van der Waals surface area contributed by atoms with Crippen LogP contribution in [-0.2, 0) is 16.0 Å². The highest BCUT2D eigenvalue weighted by Gasteiger charge is 2.22. The Morgan fingerprint density at radius 3 is 2.72 bits per heavy atom. The van der Waals surface area contributed by atoms with Crippen LogP contribution in [0.25, 0.3) is 0 Å². The second-order valence-corrected chi connectivity index (χ2v) is 4.41. The lowest BCUT2D eigenvalue weighted by Crippen LogP contribution is -2.34. The molecule has 1 aromatic rings. The number of nitrogens with two attached hydrogens (primary N) is 1. The van der Waals surface area contributed by atoms with Crippen LogP contribution < -0.4 is 5.73 Å². The number of ether oxygens (including phenoxy) is 1. The van der Waals surface area contributed by atoms with E-state index in [0.29, 0.717) is 0 Å². The van der Waals surface area contributed by atoms with Gasteiger partial charge in [0.2, 0.25) is 5.82 Å². The monoisotopic (exact) mass is 323 g/mol. The molecule has 0 aliphatic heterocycles. The largest absolute Gasteiger partial charge is 0.504 e. The molecular weight excluding hydrogens is 312 g/mol. The lowest BCUT2D eigenvalue weighted by atomic mass is 10.1. The molecule has 1 aromatic carbocycles. The lowest BCUT2D eigenvalue weighted by molar-refractivity contribution is -0.144. The Kier molecular flexibility index (Phi) is 5.03. The summed E-state index contributed by atoms with van der Waals surface area (Å²) >= 11 is 2.88. The van der Waals surface area contributed by atoms with Crippen LogP contribution >= 0.6 is 15.9 Å². The molecule has 0 saturated heterocycles. The number of carbonyl (C=O) groups excluding carboxylic acids is 1. The highest BCUT2D eigenvalue weighted by Crippen LogP contribution is 2.31. The van der Waals surface area contributed by atoms with E-state index in [2.05, 4.69) is 20.7 Å². The van der Waals surface area contributed by atoms with Gasteiger partial charge in [0.05, 0.1) is 11.1 Å². The van der Waals surface area contributed by atoms with Crippen molar-refractivity contribution in [1.29, 1.82) is 0 Å². The highest BCUT2D eigenvalue weighted by atomic mass is 79.9. The minimum Gasteiger partial charge on any atom is -0.504 e. The van der Waals surface area contributed by atoms with E-state index in [1.54, 1.807) is 6.92 Å². The molecule has 3 N–H and O–H groups in total. The average molecular weight is 324 g/mol. The van der Waals surface area contributed by atoms with E-state index in [0.717, 1.165) is 0 Å². The highest BCUT2D eigenvalue weighted by molar-refractivity contribution is 9.10. The third-order valence-electron chi connectivity index (χ3n) is 2.24. The van der Waals surface area contributed by atoms with Crippen molar-refractivity contribution in [2.24, 2.45) is 5.73 Å². The smallest absolute Gasteiger partial charge is 0.323 e. The fraction of sp³-hybridized carbons (Fsp3) is 0.364. The maximum absolute atomic E-state index is 13.5. The van der Waals surface area contributed by atoms with Gasteiger partial charge in [0.1, 0.15) is 6.04 Å². The van der Waals surface area contributed by atoms with Crippen LogP contribution in [0.15, 0.2) is 10.5 Å².